The molecule has 23 heavy (non-hydrogen) atoms. The van der Waals surface area contributed by atoms with Crippen molar-refractivity contribution in [2.75, 3.05) is 33.1 Å². The molecule has 1 aromatic rings. The van der Waals surface area contributed by atoms with Gasteiger partial charge in [0.05, 0.1) is 5.25 Å². The lowest BCUT2D eigenvalue weighted by atomic mass is 9.96. The third kappa shape index (κ3) is 3.35. The van der Waals surface area contributed by atoms with Crippen LogP contribution in [-0.2, 0) is 0 Å². The van der Waals surface area contributed by atoms with Crippen molar-refractivity contribution in [1.29, 1.82) is 0 Å². The number of hydrogen-bond acceptors (Lipinski definition) is 2. The van der Waals surface area contributed by atoms with Crippen molar-refractivity contribution < 1.29 is 4.58 Å². The zero-order chi connectivity index (χ0) is 16.4. The topological polar surface area (TPSA) is 6.25 Å². The average Bonchev–Trinajstić information content (AvgIpc) is 3.04. The average molecular weight is 323 g/mol. The molecule has 1 aromatic carbocycles. The molecule has 1 heterocycles. The monoisotopic (exact) mass is 323 g/mol. The SMILES string of the molecule is CN(C)c1ccc(C2SC=CC2=C2C=CC(=[N+](C)C)C=C2)cc1. The van der Waals surface area contributed by atoms with Crippen LogP contribution in [0, 0.1) is 0 Å². The second-order valence-corrected chi connectivity index (χ2v) is 7.22. The van der Waals surface area contributed by atoms with E-state index in [0.29, 0.717) is 5.25 Å². The fraction of sp³-hybridized carbons (Fsp3) is 0.250. The molecule has 0 amide bonds. The van der Waals surface area contributed by atoms with E-state index in [1.807, 2.05) is 11.8 Å². The standard InChI is InChI=1S/C20H23N2S/c1-21(2)17-9-5-15(6-10-17)19-13-14-23-20(19)16-7-11-18(12-8-16)22(3)4/h5-14,20H,1-4H3/q+1. The summed E-state index contributed by atoms with van der Waals surface area (Å²) in [5, 5.41) is 2.59. The van der Waals surface area contributed by atoms with E-state index < -0.39 is 0 Å². The van der Waals surface area contributed by atoms with Crippen molar-refractivity contribution in [2.45, 2.75) is 5.25 Å². The quantitative estimate of drug-likeness (QED) is 0.753. The molecule has 0 radical (unpaired) electrons. The van der Waals surface area contributed by atoms with E-state index in [0.717, 1.165) is 0 Å². The summed E-state index contributed by atoms with van der Waals surface area (Å²) in [6.07, 6.45) is 11.1. The summed E-state index contributed by atoms with van der Waals surface area (Å²) in [4.78, 5) is 2.13. The van der Waals surface area contributed by atoms with Gasteiger partial charge in [-0.1, -0.05) is 18.2 Å². The lowest BCUT2D eigenvalue weighted by molar-refractivity contribution is -0.462. The van der Waals surface area contributed by atoms with E-state index >= 15 is 0 Å². The van der Waals surface area contributed by atoms with Crippen LogP contribution in [0.3, 0.4) is 0 Å². The highest BCUT2D eigenvalue weighted by atomic mass is 32.2. The number of allylic oxidation sites excluding steroid dienone is 6. The molecule has 0 N–H and O–H groups in total. The number of nitrogens with zero attached hydrogens (tertiary/aromatic N) is 2. The Labute approximate surface area is 143 Å². The van der Waals surface area contributed by atoms with Gasteiger partial charge >= 0.3 is 0 Å². The summed E-state index contributed by atoms with van der Waals surface area (Å²) >= 11 is 1.88. The summed E-state index contributed by atoms with van der Waals surface area (Å²) in [6.45, 7) is 0. The van der Waals surface area contributed by atoms with Crippen LogP contribution in [0.5, 0.6) is 0 Å². The molecular weight excluding hydrogens is 300 g/mol. The highest BCUT2D eigenvalue weighted by molar-refractivity contribution is 8.02. The number of anilines is 1. The smallest absolute Gasteiger partial charge is 0.199 e. The van der Waals surface area contributed by atoms with Gasteiger partial charge in [-0.25, -0.2) is 4.58 Å². The fourth-order valence-electron chi connectivity index (χ4n) is 2.76. The molecule has 0 bridgehead atoms. The van der Waals surface area contributed by atoms with Gasteiger partial charge in [0.2, 0.25) is 0 Å². The maximum Gasteiger partial charge on any atom is 0.199 e. The Hall–Kier alpha value is -2.00. The van der Waals surface area contributed by atoms with Crippen LogP contribution in [-0.4, -0.2) is 38.5 Å². The zero-order valence-corrected chi connectivity index (χ0v) is 15.0. The number of hydrogen-bond donors (Lipinski definition) is 0. The second kappa shape index (κ2) is 6.63. The Kier molecular flexibility index (Phi) is 4.58. The third-order valence-electron chi connectivity index (χ3n) is 4.17. The minimum absolute atomic E-state index is 0.386. The highest BCUT2D eigenvalue weighted by Crippen LogP contribution is 2.44. The predicted molar refractivity (Wildman–Crippen MR) is 103 cm³/mol. The molecule has 0 fully saturated rings. The van der Waals surface area contributed by atoms with E-state index in [1.54, 1.807) is 0 Å². The van der Waals surface area contributed by atoms with Gasteiger partial charge in [0, 0.05) is 31.9 Å². The zero-order valence-electron chi connectivity index (χ0n) is 14.2. The van der Waals surface area contributed by atoms with Gasteiger partial charge in [-0.15, -0.1) is 11.8 Å². The van der Waals surface area contributed by atoms with Crippen LogP contribution in [0.25, 0.3) is 0 Å². The maximum atomic E-state index is 2.25. The van der Waals surface area contributed by atoms with Gasteiger partial charge in [-0.05, 0) is 46.4 Å². The summed E-state index contributed by atoms with van der Waals surface area (Å²) in [6, 6.07) is 8.88. The molecular formula is C20H23N2S+. The molecule has 3 heteroatoms. The van der Waals surface area contributed by atoms with E-state index in [1.165, 1.54) is 28.1 Å². The lowest BCUT2D eigenvalue weighted by Gasteiger charge is -2.17. The van der Waals surface area contributed by atoms with Gasteiger partial charge in [0.1, 0.15) is 14.1 Å². The van der Waals surface area contributed by atoms with Gasteiger partial charge < -0.3 is 4.90 Å². The van der Waals surface area contributed by atoms with E-state index in [-0.39, 0.29) is 0 Å². The molecule has 0 saturated heterocycles. The molecule has 118 valence electrons. The van der Waals surface area contributed by atoms with Crippen LogP contribution in [0.15, 0.2) is 71.2 Å². The first-order valence-electron chi connectivity index (χ1n) is 7.80. The number of rotatable bonds is 2. The number of thioether (sulfide) groups is 1. The summed E-state index contributed by atoms with van der Waals surface area (Å²) in [5.74, 6) is 0. The Morgan fingerprint density at radius 2 is 1.57 bits per heavy atom. The van der Waals surface area contributed by atoms with Gasteiger partial charge in [-0.3, -0.25) is 0 Å². The molecule has 1 unspecified atom stereocenters. The van der Waals surface area contributed by atoms with Crippen molar-refractivity contribution >= 4 is 23.2 Å². The minimum atomic E-state index is 0.386. The van der Waals surface area contributed by atoms with Crippen LogP contribution < -0.4 is 4.90 Å². The molecule has 1 atom stereocenters. The molecule has 0 aromatic heterocycles. The molecule has 3 rings (SSSR count). The first-order valence-corrected chi connectivity index (χ1v) is 8.74. The summed E-state index contributed by atoms with van der Waals surface area (Å²) in [5.41, 5.74) is 6.52. The number of benzene rings is 1. The van der Waals surface area contributed by atoms with Crippen LogP contribution in [0.1, 0.15) is 10.8 Å². The van der Waals surface area contributed by atoms with Gasteiger partial charge in [0.25, 0.3) is 0 Å². The third-order valence-corrected chi connectivity index (χ3v) is 5.27. The molecule has 0 saturated carbocycles. The van der Waals surface area contributed by atoms with Crippen LogP contribution >= 0.6 is 11.8 Å². The fourth-order valence-corrected chi connectivity index (χ4v) is 3.81. The van der Waals surface area contributed by atoms with E-state index in [4.69, 9.17) is 0 Å². The van der Waals surface area contributed by atoms with Crippen molar-refractivity contribution in [3.05, 3.63) is 76.8 Å². The van der Waals surface area contributed by atoms with Crippen molar-refractivity contribution in [2.24, 2.45) is 0 Å². The van der Waals surface area contributed by atoms with Gasteiger partial charge in [-0.2, -0.15) is 0 Å². The molecule has 2 nitrogen and oxygen atoms in total. The Morgan fingerprint density at radius 3 is 2.13 bits per heavy atom. The van der Waals surface area contributed by atoms with Crippen LogP contribution in [0.2, 0.25) is 0 Å². The Morgan fingerprint density at radius 1 is 0.913 bits per heavy atom. The predicted octanol–water partition coefficient (Wildman–Crippen LogP) is 4.19. The second-order valence-electron chi connectivity index (χ2n) is 6.20. The normalized spacial score (nSPS) is 19.7. The largest absolute Gasteiger partial charge is 0.378 e. The highest BCUT2D eigenvalue weighted by Gasteiger charge is 2.22. The summed E-state index contributed by atoms with van der Waals surface area (Å²) < 4.78 is 2.13. The first kappa shape index (κ1) is 15.9. The maximum absolute atomic E-state index is 2.25. The Balaban J connectivity index is 1.90. The first-order chi connectivity index (χ1) is 11.1. The van der Waals surface area contributed by atoms with E-state index in [9.17, 15) is 0 Å². The summed E-state index contributed by atoms with van der Waals surface area (Å²) in [7, 11) is 8.29. The minimum Gasteiger partial charge on any atom is -0.378 e. The van der Waals surface area contributed by atoms with Crippen molar-refractivity contribution in [3.63, 3.8) is 0 Å². The molecule has 2 aliphatic rings. The van der Waals surface area contributed by atoms with E-state index in [2.05, 4.69) is 97.7 Å². The Bertz CT molecular complexity index is 724. The van der Waals surface area contributed by atoms with Gasteiger partial charge in [0.15, 0.2) is 5.71 Å². The molecule has 0 spiro atoms. The lowest BCUT2D eigenvalue weighted by Crippen LogP contribution is -2.10. The molecule has 1 aliphatic carbocycles. The molecule has 1 aliphatic heterocycles. The van der Waals surface area contributed by atoms with Crippen molar-refractivity contribution in [1.82, 2.24) is 0 Å². The van der Waals surface area contributed by atoms with Crippen molar-refractivity contribution in [3.8, 4) is 0 Å². The van der Waals surface area contributed by atoms with Crippen LogP contribution in [0.4, 0.5) is 5.69 Å².